The van der Waals surface area contributed by atoms with E-state index in [4.69, 9.17) is 0 Å². The number of hydrogen-bond donors (Lipinski definition) is 0. The molecule has 0 aromatic heterocycles. The lowest BCUT2D eigenvalue weighted by Crippen LogP contribution is -2.45. The summed E-state index contributed by atoms with van der Waals surface area (Å²) >= 11 is 0. The number of hydrogen-bond acceptors (Lipinski definition) is 4. The van der Waals surface area contributed by atoms with Crippen molar-refractivity contribution in [2.24, 2.45) is 11.8 Å². The van der Waals surface area contributed by atoms with Crippen molar-refractivity contribution in [2.45, 2.75) is 79.1 Å². The van der Waals surface area contributed by atoms with Gasteiger partial charge in [0, 0.05) is 46.1 Å². The van der Waals surface area contributed by atoms with Crippen molar-refractivity contribution in [3.05, 3.63) is 46.5 Å². The van der Waals surface area contributed by atoms with E-state index in [0.29, 0.717) is 46.1 Å². The molecule has 2 heterocycles. The zero-order chi connectivity index (χ0) is 26.0. The van der Waals surface area contributed by atoms with Crippen LogP contribution in [-0.2, 0) is 0 Å². The third kappa shape index (κ3) is 4.46. The third-order valence-electron chi connectivity index (χ3n) is 8.03. The minimum absolute atomic E-state index is 0.253. The van der Waals surface area contributed by atoms with Gasteiger partial charge in [-0.15, -0.1) is 0 Å². The topological polar surface area (TPSA) is 74.8 Å². The number of benzene rings is 2. The lowest BCUT2D eigenvalue weighted by molar-refractivity contribution is 0.0559. The minimum atomic E-state index is -0.334. The van der Waals surface area contributed by atoms with Crippen LogP contribution in [0.15, 0.2) is 24.3 Å². The molecule has 4 amide bonds. The summed E-state index contributed by atoms with van der Waals surface area (Å²) in [5, 5.41) is 0.912. The van der Waals surface area contributed by atoms with Gasteiger partial charge in [0.25, 0.3) is 23.6 Å². The van der Waals surface area contributed by atoms with E-state index in [-0.39, 0.29) is 35.5 Å². The Morgan fingerprint density at radius 3 is 1.11 bits per heavy atom. The van der Waals surface area contributed by atoms with E-state index < -0.39 is 0 Å². The van der Waals surface area contributed by atoms with Crippen LogP contribution >= 0.6 is 0 Å². The molecule has 6 nitrogen and oxygen atoms in total. The molecule has 0 bridgehead atoms. The second-order valence-corrected chi connectivity index (χ2v) is 10.3. The Kier molecular flexibility index (Phi) is 7.91. The second-order valence-electron chi connectivity index (χ2n) is 10.3. The van der Waals surface area contributed by atoms with Crippen LogP contribution in [0.2, 0.25) is 0 Å². The normalized spacial score (nSPS) is 16.8. The first-order valence-corrected chi connectivity index (χ1v) is 13.7. The van der Waals surface area contributed by atoms with Gasteiger partial charge in [-0.05, 0) is 48.9 Å². The predicted molar refractivity (Wildman–Crippen MR) is 141 cm³/mol. The number of nitrogens with zero attached hydrogens (tertiary/aromatic N) is 2. The standard InChI is InChI=1S/C30H38N2O4/c1-5-9-11-19(7-3)17-31-27(33)21-13-15-23-26-24(16-14-22(25(21)26)28(31)34)30(36)32(29(23)35)18-20(8-4)12-10-6-2/h13-16,19-20H,5-12,17-18H2,1-4H3. The van der Waals surface area contributed by atoms with Crippen molar-refractivity contribution in [2.75, 3.05) is 13.1 Å². The number of imide groups is 2. The zero-order valence-electron chi connectivity index (χ0n) is 22.1. The molecule has 2 aromatic carbocycles. The van der Waals surface area contributed by atoms with E-state index in [2.05, 4.69) is 27.7 Å². The average molecular weight is 491 g/mol. The first kappa shape index (κ1) is 26.1. The maximum atomic E-state index is 13.5. The number of rotatable bonds is 12. The summed E-state index contributed by atoms with van der Waals surface area (Å²) in [6, 6.07) is 6.67. The molecule has 2 aliphatic rings. The molecular weight excluding hydrogens is 452 g/mol. The first-order chi connectivity index (χ1) is 17.4. The molecule has 192 valence electrons. The molecule has 36 heavy (non-hydrogen) atoms. The Morgan fingerprint density at radius 2 is 0.861 bits per heavy atom. The molecule has 2 aromatic rings. The summed E-state index contributed by atoms with van der Waals surface area (Å²) in [5.41, 5.74) is 1.61. The Bertz CT molecular complexity index is 1040. The van der Waals surface area contributed by atoms with Crippen LogP contribution in [0.4, 0.5) is 0 Å². The lowest BCUT2D eigenvalue weighted by Gasteiger charge is -2.34. The molecule has 0 saturated carbocycles. The number of amides is 4. The third-order valence-corrected chi connectivity index (χ3v) is 8.03. The van der Waals surface area contributed by atoms with Crippen LogP contribution in [0.1, 0.15) is 120 Å². The summed E-state index contributed by atoms with van der Waals surface area (Å²) < 4.78 is 0. The Morgan fingerprint density at radius 1 is 0.556 bits per heavy atom. The average Bonchev–Trinajstić information content (AvgIpc) is 2.89. The van der Waals surface area contributed by atoms with Crippen LogP contribution in [0.25, 0.3) is 10.8 Å². The molecule has 4 rings (SSSR count). The molecule has 0 saturated heterocycles. The molecule has 0 N–H and O–H groups in total. The van der Waals surface area contributed by atoms with Gasteiger partial charge >= 0.3 is 0 Å². The monoisotopic (exact) mass is 490 g/mol. The highest BCUT2D eigenvalue weighted by Crippen LogP contribution is 2.38. The molecule has 0 aliphatic carbocycles. The van der Waals surface area contributed by atoms with Gasteiger partial charge in [-0.2, -0.15) is 0 Å². The number of carbonyl (C=O) groups excluding carboxylic acids is 4. The van der Waals surface area contributed by atoms with Gasteiger partial charge in [0.2, 0.25) is 0 Å². The van der Waals surface area contributed by atoms with E-state index in [1.165, 1.54) is 9.80 Å². The van der Waals surface area contributed by atoms with Gasteiger partial charge in [-0.25, -0.2) is 0 Å². The molecule has 0 fully saturated rings. The molecule has 0 spiro atoms. The summed E-state index contributed by atoms with van der Waals surface area (Å²) in [6.07, 6.45) is 8.00. The van der Waals surface area contributed by atoms with E-state index in [1.54, 1.807) is 24.3 Å². The summed E-state index contributed by atoms with van der Waals surface area (Å²) in [4.78, 5) is 56.7. The van der Waals surface area contributed by atoms with Gasteiger partial charge < -0.3 is 0 Å². The van der Waals surface area contributed by atoms with Gasteiger partial charge in [-0.3, -0.25) is 29.0 Å². The molecule has 0 radical (unpaired) electrons. The SMILES string of the molecule is CCCCC(CC)CN1C(=O)c2ccc3c4c(ccc(c24)C1=O)C(=O)N(CC(CC)CCCC)C3=O. The Hall–Kier alpha value is -3.02. The van der Waals surface area contributed by atoms with Crippen molar-refractivity contribution in [1.29, 1.82) is 0 Å². The van der Waals surface area contributed by atoms with Crippen molar-refractivity contribution < 1.29 is 19.2 Å². The predicted octanol–water partition coefficient (Wildman–Crippen LogP) is 6.46. The van der Waals surface area contributed by atoms with E-state index >= 15 is 0 Å². The molecule has 6 heteroatoms. The highest BCUT2D eigenvalue weighted by atomic mass is 16.2. The zero-order valence-corrected chi connectivity index (χ0v) is 22.1. The van der Waals surface area contributed by atoms with Crippen LogP contribution in [-0.4, -0.2) is 46.5 Å². The van der Waals surface area contributed by atoms with Crippen LogP contribution in [0, 0.1) is 11.8 Å². The van der Waals surface area contributed by atoms with Crippen molar-refractivity contribution in [1.82, 2.24) is 9.80 Å². The van der Waals surface area contributed by atoms with Crippen molar-refractivity contribution in [3.63, 3.8) is 0 Å². The van der Waals surface area contributed by atoms with Gasteiger partial charge in [0.05, 0.1) is 0 Å². The van der Waals surface area contributed by atoms with Crippen LogP contribution < -0.4 is 0 Å². The van der Waals surface area contributed by atoms with Gasteiger partial charge in [0.1, 0.15) is 0 Å². The van der Waals surface area contributed by atoms with E-state index in [0.717, 1.165) is 51.4 Å². The maximum Gasteiger partial charge on any atom is 0.261 e. The second kappa shape index (κ2) is 10.9. The van der Waals surface area contributed by atoms with Crippen molar-refractivity contribution in [3.8, 4) is 0 Å². The molecular formula is C30H38N2O4. The van der Waals surface area contributed by atoms with Gasteiger partial charge in [-0.1, -0.05) is 66.2 Å². The fraction of sp³-hybridized carbons (Fsp3) is 0.533. The fourth-order valence-corrected chi connectivity index (χ4v) is 5.66. The highest BCUT2D eigenvalue weighted by Gasteiger charge is 2.40. The van der Waals surface area contributed by atoms with Gasteiger partial charge in [0.15, 0.2) is 0 Å². The highest BCUT2D eigenvalue weighted by molar-refractivity contribution is 6.33. The molecule has 2 atom stereocenters. The lowest BCUT2D eigenvalue weighted by atomic mass is 9.85. The van der Waals surface area contributed by atoms with Crippen LogP contribution in [0.5, 0.6) is 0 Å². The van der Waals surface area contributed by atoms with Crippen molar-refractivity contribution >= 4 is 34.4 Å². The van der Waals surface area contributed by atoms with E-state index in [9.17, 15) is 19.2 Å². The Labute approximate surface area is 214 Å². The summed E-state index contributed by atoms with van der Waals surface area (Å²) in [5.74, 6) is -0.831. The fourth-order valence-electron chi connectivity index (χ4n) is 5.66. The summed E-state index contributed by atoms with van der Waals surface area (Å²) in [6.45, 7) is 9.23. The number of carbonyl (C=O) groups is 4. The Balaban J connectivity index is 1.72. The number of unbranched alkanes of at least 4 members (excludes halogenated alkanes) is 2. The molecule has 2 unspecified atom stereocenters. The summed E-state index contributed by atoms with van der Waals surface area (Å²) in [7, 11) is 0. The minimum Gasteiger partial charge on any atom is -0.274 e. The molecule has 2 aliphatic heterocycles. The largest absolute Gasteiger partial charge is 0.274 e. The first-order valence-electron chi connectivity index (χ1n) is 13.7. The smallest absolute Gasteiger partial charge is 0.261 e. The quantitative estimate of drug-likeness (QED) is 0.320. The van der Waals surface area contributed by atoms with Crippen LogP contribution in [0.3, 0.4) is 0 Å². The van der Waals surface area contributed by atoms with E-state index in [1.807, 2.05) is 0 Å². The maximum absolute atomic E-state index is 13.5.